The van der Waals surface area contributed by atoms with E-state index >= 15 is 0 Å². The lowest BCUT2D eigenvalue weighted by Gasteiger charge is -2.22. The minimum absolute atomic E-state index is 0.149. The molecule has 0 spiro atoms. The summed E-state index contributed by atoms with van der Waals surface area (Å²) in [6.07, 6.45) is -4.45. The van der Waals surface area contributed by atoms with Gasteiger partial charge in [0.2, 0.25) is 10.0 Å². The molecule has 0 saturated heterocycles. The second-order valence-corrected chi connectivity index (χ2v) is 7.45. The number of halogens is 3. The molecule has 0 aliphatic rings. The lowest BCUT2D eigenvalue weighted by molar-refractivity contribution is -0.136. The Morgan fingerprint density at radius 2 is 2.00 bits per heavy atom. The van der Waals surface area contributed by atoms with E-state index < -0.39 is 28.7 Å². The van der Waals surface area contributed by atoms with Crippen molar-refractivity contribution in [1.82, 2.24) is 4.31 Å². The van der Waals surface area contributed by atoms with Crippen molar-refractivity contribution in [2.75, 3.05) is 13.1 Å². The van der Waals surface area contributed by atoms with E-state index in [0.717, 1.165) is 6.07 Å². The molecule has 0 atom stereocenters. The minimum Gasteiger partial charge on any atom is -0.477 e. The lowest BCUT2D eigenvalue weighted by atomic mass is 10.4. The van der Waals surface area contributed by atoms with E-state index in [9.17, 15) is 26.4 Å². The number of thiophene rings is 1. The number of aryl methyl sites for hydroxylation is 1. The fourth-order valence-corrected chi connectivity index (χ4v) is 4.62. The van der Waals surface area contributed by atoms with E-state index in [0.29, 0.717) is 15.6 Å². The van der Waals surface area contributed by atoms with Crippen molar-refractivity contribution in [3.05, 3.63) is 15.8 Å². The number of aromatic carboxylic acids is 1. The highest BCUT2D eigenvalue weighted by Gasteiger charge is 2.37. The van der Waals surface area contributed by atoms with Gasteiger partial charge in [-0.3, -0.25) is 0 Å². The lowest BCUT2D eigenvalue weighted by Crippen LogP contribution is -2.39. The molecule has 0 radical (unpaired) electrons. The molecule has 0 amide bonds. The maximum Gasteiger partial charge on any atom is 0.402 e. The first-order valence-corrected chi connectivity index (χ1v) is 8.15. The van der Waals surface area contributed by atoms with E-state index in [4.69, 9.17) is 5.11 Å². The number of alkyl halides is 3. The fraction of sp³-hybridized carbons (Fsp3) is 0.545. The molecule has 10 heteroatoms. The van der Waals surface area contributed by atoms with E-state index in [-0.39, 0.29) is 27.6 Å². The Hall–Kier alpha value is -1.13. The minimum atomic E-state index is -4.66. The largest absolute Gasteiger partial charge is 0.477 e. The molecule has 0 aliphatic heterocycles. The predicted molar refractivity (Wildman–Crippen MR) is 71.1 cm³/mol. The molecule has 1 rings (SSSR count). The fourth-order valence-electron chi connectivity index (χ4n) is 1.70. The Bertz CT molecular complexity index is 622. The first kappa shape index (κ1) is 17.9. The van der Waals surface area contributed by atoms with Gasteiger partial charge in [-0.1, -0.05) is 6.92 Å². The summed E-state index contributed by atoms with van der Waals surface area (Å²) in [4.78, 5) is 10.4. The van der Waals surface area contributed by atoms with Crippen molar-refractivity contribution in [2.45, 2.75) is 31.3 Å². The molecule has 0 aromatic carbocycles. The topological polar surface area (TPSA) is 74.7 Å². The molecular weight excluding hydrogens is 331 g/mol. The number of carbonyl (C=O) groups is 1. The highest BCUT2D eigenvalue weighted by atomic mass is 32.2. The molecular formula is C11H14F3NO4S2. The number of hydrogen-bond acceptors (Lipinski definition) is 4. The third-order valence-corrected chi connectivity index (χ3v) is 5.67. The molecule has 1 aromatic heterocycles. The monoisotopic (exact) mass is 345 g/mol. The number of hydrogen-bond donors (Lipinski definition) is 1. The van der Waals surface area contributed by atoms with Crippen LogP contribution in [0.2, 0.25) is 0 Å². The molecule has 1 N–H and O–H groups in total. The van der Waals surface area contributed by atoms with Crippen LogP contribution >= 0.6 is 11.3 Å². The zero-order valence-corrected chi connectivity index (χ0v) is 12.9. The van der Waals surface area contributed by atoms with Crippen LogP contribution in [0.3, 0.4) is 0 Å². The van der Waals surface area contributed by atoms with Gasteiger partial charge in [0, 0.05) is 11.4 Å². The number of nitrogens with zero attached hydrogens (tertiary/aromatic N) is 1. The van der Waals surface area contributed by atoms with E-state index in [1.54, 1.807) is 6.92 Å². The summed E-state index contributed by atoms with van der Waals surface area (Å²) in [5, 5.41) is 8.84. The summed E-state index contributed by atoms with van der Waals surface area (Å²) in [6, 6.07) is 0.900. The Labute approximate surface area is 124 Å². The van der Waals surface area contributed by atoms with E-state index in [1.165, 1.54) is 6.92 Å². The Kier molecular flexibility index (Phi) is 5.40. The normalized spacial score (nSPS) is 12.9. The molecule has 1 aromatic rings. The van der Waals surface area contributed by atoms with Gasteiger partial charge in [0.05, 0.1) is 4.90 Å². The summed E-state index contributed by atoms with van der Waals surface area (Å²) in [6.45, 7) is 1.03. The van der Waals surface area contributed by atoms with Crippen molar-refractivity contribution < 1.29 is 31.5 Å². The number of carboxylic acids is 1. The van der Waals surface area contributed by atoms with Gasteiger partial charge in [0.25, 0.3) is 0 Å². The number of carboxylic acid groups (broad SMARTS) is 1. The first-order chi connectivity index (χ1) is 9.49. The maximum atomic E-state index is 12.5. The van der Waals surface area contributed by atoms with Gasteiger partial charge < -0.3 is 5.11 Å². The van der Waals surface area contributed by atoms with Crippen LogP contribution in [0.15, 0.2) is 11.0 Å². The maximum absolute atomic E-state index is 12.5. The highest BCUT2D eigenvalue weighted by Crippen LogP contribution is 2.30. The van der Waals surface area contributed by atoms with Gasteiger partial charge in [0.15, 0.2) is 0 Å². The van der Waals surface area contributed by atoms with Crippen molar-refractivity contribution in [1.29, 1.82) is 0 Å². The molecule has 1 heterocycles. The van der Waals surface area contributed by atoms with Gasteiger partial charge in [0.1, 0.15) is 11.4 Å². The predicted octanol–water partition coefficient (Wildman–Crippen LogP) is 2.72. The van der Waals surface area contributed by atoms with Gasteiger partial charge in [-0.2, -0.15) is 17.5 Å². The zero-order chi connectivity index (χ0) is 16.4. The molecule has 120 valence electrons. The third-order valence-electron chi connectivity index (χ3n) is 2.53. The van der Waals surface area contributed by atoms with Crippen LogP contribution in [0.25, 0.3) is 0 Å². The molecule has 21 heavy (non-hydrogen) atoms. The quantitative estimate of drug-likeness (QED) is 0.860. The molecule has 0 aliphatic carbocycles. The Morgan fingerprint density at radius 3 is 2.38 bits per heavy atom. The van der Waals surface area contributed by atoms with Crippen molar-refractivity contribution in [3.63, 3.8) is 0 Å². The van der Waals surface area contributed by atoms with Crippen LogP contribution in [0.4, 0.5) is 13.2 Å². The second-order valence-electron chi connectivity index (χ2n) is 4.29. The molecule has 0 unspecified atom stereocenters. The summed E-state index contributed by atoms with van der Waals surface area (Å²) < 4.78 is 62.5. The standard InChI is InChI=1S/C11H14F3NO4S2/c1-3-4-15(6-11(12,13)14)21(18,19)9-5-8(10(16)17)20-7(9)2/h5H,3-4,6H2,1-2H3,(H,16,17). The summed E-state index contributed by atoms with van der Waals surface area (Å²) in [5.74, 6) is -1.32. The van der Waals surface area contributed by atoms with Crippen LogP contribution in [0, 0.1) is 6.92 Å². The molecule has 0 saturated carbocycles. The third kappa shape index (κ3) is 4.42. The van der Waals surface area contributed by atoms with Crippen molar-refractivity contribution in [2.24, 2.45) is 0 Å². The zero-order valence-electron chi connectivity index (χ0n) is 11.3. The number of rotatable bonds is 6. The van der Waals surface area contributed by atoms with Crippen LogP contribution < -0.4 is 0 Å². The molecule has 0 fully saturated rings. The Balaban J connectivity index is 3.25. The summed E-state index contributed by atoms with van der Waals surface area (Å²) >= 11 is 0.716. The SMILES string of the molecule is CCCN(CC(F)(F)F)S(=O)(=O)c1cc(C(=O)O)sc1C. The molecule has 5 nitrogen and oxygen atoms in total. The van der Waals surface area contributed by atoms with Crippen LogP contribution in [-0.4, -0.2) is 43.1 Å². The van der Waals surface area contributed by atoms with E-state index in [2.05, 4.69) is 0 Å². The van der Waals surface area contributed by atoms with Gasteiger partial charge >= 0.3 is 12.1 Å². The van der Waals surface area contributed by atoms with Gasteiger partial charge in [-0.15, -0.1) is 11.3 Å². The van der Waals surface area contributed by atoms with Gasteiger partial charge in [-0.25, -0.2) is 13.2 Å². The van der Waals surface area contributed by atoms with Crippen LogP contribution in [0.5, 0.6) is 0 Å². The van der Waals surface area contributed by atoms with Crippen molar-refractivity contribution in [3.8, 4) is 0 Å². The summed E-state index contributed by atoms with van der Waals surface area (Å²) in [5.41, 5.74) is 0. The van der Waals surface area contributed by atoms with E-state index in [1.807, 2.05) is 0 Å². The number of sulfonamides is 1. The molecule has 0 bridgehead atoms. The average molecular weight is 345 g/mol. The van der Waals surface area contributed by atoms with Crippen LogP contribution in [0.1, 0.15) is 27.9 Å². The van der Waals surface area contributed by atoms with Crippen LogP contribution in [-0.2, 0) is 10.0 Å². The average Bonchev–Trinajstić information content (AvgIpc) is 2.70. The summed E-state index contributed by atoms with van der Waals surface area (Å²) in [7, 11) is -4.38. The Morgan fingerprint density at radius 1 is 1.43 bits per heavy atom. The van der Waals surface area contributed by atoms with Gasteiger partial charge in [-0.05, 0) is 19.4 Å². The smallest absolute Gasteiger partial charge is 0.402 e. The highest BCUT2D eigenvalue weighted by molar-refractivity contribution is 7.89. The first-order valence-electron chi connectivity index (χ1n) is 5.89. The second kappa shape index (κ2) is 6.32. The van der Waals surface area contributed by atoms with Crippen molar-refractivity contribution >= 4 is 27.3 Å².